The van der Waals surface area contributed by atoms with E-state index >= 15 is 0 Å². The molecule has 84 valence electrons. The third kappa shape index (κ3) is 6.13. The molecule has 2 unspecified atom stereocenters. The molecule has 0 bridgehead atoms. The van der Waals surface area contributed by atoms with E-state index in [1.54, 1.807) is 0 Å². The summed E-state index contributed by atoms with van der Waals surface area (Å²) in [4.78, 5) is 0. The van der Waals surface area contributed by atoms with Crippen molar-refractivity contribution in [1.82, 2.24) is 0 Å². The molecule has 4 N–H and O–H groups in total. The lowest BCUT2D eigenvalue weighted by molar-refractivity contribution is -0.0152. The molecule has 14 heavy (non-hydrogen) atoms. The van der Waals surface area contributed by atoms with E-state index in [9.17, 15) is 0 Å². The molecule has 0 radical (unpaired) electrons. The van der Waals surface area contributed by atoms with Crippen LogP contribution in [0.2, 0.25) is 0 Å². The molecule has 0 saturated carbocycles. The van der Waals surface area contributed by atoms with Gasteiger partial charge in [0.25, 0.3) is 0 Å². The van der Waals surface area contributed by atoms with Crippen LogP contribution < -0.4 is 11.5 Å². The normalized spacial score (nSPS) is 16.4. The van der Waals surface area contributed by atoms with Gasteiger partial charge in [-0.3, -0.25) is 0 Å². The number of nitrogens with two attached hydrogens (primary N) is 2. The second kappa shape index (κ2) is 5.49. The number of ether oxygens (including phenoxy) is 1. The topological polar surface area (TPSA) is 61.3 Å². The summed E-state index contributed by atoms with van der Waals surface area (Å²) in [5.74, 6) is 0. The minimum absolute atomic E-state index is 0.0129. The SMILES string of the molecule is C=C(COC(C)(C)CC(C)N)C(C)N. The predicted octanol–water partition coefficient (Wildman–Crippen LogP) is 1.42. The Labute approximate surface area is 87.5 Å². The Bertz CT molecular complexity index is 186. The van der Waals surface area contributed by atoms with Gasteiger partial charge >= 0.3 is 0 Å². The van der Waals surface area contributed by atoms with E-state index in [2.05, 4.69) is 6.58 Å². The van der Waals surface area contributed by atoms with Crippen LogP contribution in [0.1, 0.15) is 34.1 Å². The second-order valence-electron chi connectivity index (χ2n) is 4.68. The minimum atomic E-state index is -0.202. The summed E-state index contributed by atoms with van der Waals surface area (Å²) in [5, 5.41) is 0. The molecule has 0 rings (SSSR count). The predicted molar refractivity (Wildman–Crippen MR) is 61.1 cm³/mol. The van der Waals surface area contributed by atoms with Crippen LogP contribution in [0.5, 0.6) is 0 Å². The first-order valence-corrected chi connectivity index (χ1v) is 5.07. The standard InChI is InChI=1S/C11H24N2O/c1-8(10(3)13)7-14-11(4,5)6-9(2)12/h9-10H,1,6-7,12-13H2,2-5H3. The molecule has 0 aliphatic carbocycles. The molecule has 3 heteroatoms. The Morgan fingerprint density at radius 2 is 1.86 bits per heavy atom. The molecule has 3 nitrogen and oxygen atoms in total. The van der Waals surface area contributed by atoms with Crippen LogP contribution in [0.15, 0.2) is 12.2 Å². The first-order valence-electron chi connectivity index (χ1n) is 5.07. The summed E-state index contributed by atoms with van der Waals surface area (Å²) in [6, 6.07) is 0.134. The molecule has 0 aliphatic heterocycles. The maximum atomic E-state index is 5.72. The molecule has 2 atom stereocenters. The summed E-state index contributed by atoms with van der Waals surface area (Å²) in [7, 11) is 0. The number of hydrogen-bond donors (Lipinski definition) is 2. The fraction of sp³-hybridized carbons (Fsp3) is 0.818. The van der Waals surface area contributed by atoms with Crippen molar-refractivity contribution in [3.63, 3.8) is 0 Å². The van der Waals surface area contributed by atoms with Gasteiger partial charge in [0.2, 0.25) is 0 Å². The van der Waals surface area contributed by atoms with E-state index in [4.69, 9.17) is 16.2 Å². The van der Waals surface area contributed by atoms with Crippen LogP contribution in [-0.4, -0.2) is 24.3 Å². The molecule has 0 heterocycles. The van der Waals surface area contributed by atoms with Gasteiger partial charge in [0, 0.05) is 12.1 Å². The van der Waals surface area contributed by atoms with Crippen molar-refractivity contribution in [1.29, 1.82) is 0 Å². The molecule has 0 saturated heterocycles. The average Bonchev–Trinajstić information content (AvgIpc) is 1.97. The van der Waals surface area contributed by atoms with Gasteiger partial charge < -0.3 is 16.2 Å². The Morgan fingerprint density at radius 1 is 1.36 bits per heavy atom. The molecule has 0 aromatic carbocycles. The minimum Gasteiger partial charge on any atom is -0.371 e. The monoisotopic (exact) mass is 200 g/mol. The summed E-state index contributed by atoms with van der Waals surface area (Å²) in [6.07, 6.45) is 0.833. The summed E-state index contributed by atoms with van der Waals surface area (Å²) in [6.45, 7) is 12.3. The van der Waals surface area contributed by atoms with Gasteiger partial charge in [-0.15, -0.1) is 0 Å². The lowest BCUT2D eigenvalue weighted by atomic mass is 10.00. The van der Waals surface area contributed by atoms with Gasteiger partial charge in [0.05, 0.1) is 12.2 Å². The third-order valence-corrected chi connectivity index (χ3v) is 2.11. The van der Waals surface area contributed by atoms with Crippen LogP contribution in [-0.2, 0) is 4.74 Å². The molecule has 0 spiro atoms. The molecule has 0 aliphatic rings. The van der Waals surface area contributed by atoms with E-state index in [0.29, 0.717) is 6.61 Å². The average molecular weight is 200 g/mol. The van der Waals surface area contributed by atoms with Gasteiger partial charge in [0.15, 0.2) is 0 Å². The first-order chi connectivity index (χ1) is 6.24. The number of hydrogen-bond acceptors (Lipinski definition) is 3. The summed E-state index contributed by atoms with van der Waals surface area (Å²) < 4.78 is 5.70. The van der Waals surface area contributed by atoms with Crippen LogP contribution >= 0.6 is 0 Å². The summed E-state index contributed by atoms with van der Waals surface area (Å²) in [5.41, 5.74) is 12.1. The smallest absolute Gasteiger partial charge is 0.0696 e. The van der Waals surface area contributed by atoms with Crippen LogP contribution in [0.3, 0.4) is 0 Å². The molecule has 0 aromatic heterocycles. The first kappa shape index (κ1) is 13.6. The zero-order chi connectivity index (χ0) is 11.4. The largest absolute Gasteiger partial charge is 0.371 e. The van der Waals surface area contributed by atoms with Crippen molar-refractivity contribution >= 4 is 0 Å². The van der Waals surface area contributed by atoms with E-state index in [1.165, 1.54) is 0 Å². The van der Waals surface area contributed by atoms with Gasteiger partial charge in [0.1, 0.15) is 0 Å². The molecule has 0 fully saturated rings. The van der Waals surface area contributed by atoms with E-state index in [-0.39, 0.29) is 17.7 Å². The summed E-state index contributed by atoms with van der Waals surface area (Å²) >= 11 is 0. The van der Waals surface area contributed by atoms with Crippen LogP contribution in [0, 0.1) is 0 Å². The van der Waals surface area contributed by atoms with Gasteiger partial charge in [-0.1, -0.05) is 6.58 Å². The van der Waals surface area contributed by atoms with Crippen molar-refractivity contribution in [2.75, 3.05) is 6.61 Å². The Hall–Kier alpha value is -0.380. The van der Waals surface area contributed by atoms with Crippen molar-refractivity contribution in [2.45, 2.75) is 51.8 Å². The molecule has 0 aromatic rings. The zero-order valence-corrected chi connectivity index (χ0v) is 9.84. The highest BCUT2D eigenvalue weighted by molar-refractivity contribution is 5.02. The van der Waals surface area contributed by atoms with Crippen LogP contribution in [0.25, 0.3) is 0 Å². The highest BCUT2D eigenvalue weighted by Gasteiger charge is 2.20. The number of rotatable bonds is 6. The van der Waals surface area contributed by atoms with Crippen molar-refractivity contribution in [2.24, 2.45) is 11.5 Å². The third-order valence-electron chi connectivity index (χ3n) is 2.11. The van der Waals surface area contributed by atoms with E-state index in [1.807, 2.05) is 27.7 Å². The highest BCUT2D eigenvalue weighted by Crippen LogP contribution is 2.17. The molecule has 0 amide bonds. The maximum absolute atomic E-state index is 5.72. The van der Waals surface area contributed by atoms with Crippen molar-refractivity contribution in [3.8, 4) is 0 Å². The lowest BCUT2D eigenvalue weighted by Crippen LogP contribution is -2.34. The second-order valence-corrected chi connectivity index (χ2v) is 4.68. The van der Waals surface area contributed by atoms with Crippen molar-refractivity contribution < 1.29 is 4.74 Å². The van der Waals surface area contributed by atoms with Crippen LogP contribution in [0.4, 0.5) is 0 Å². The maximum Gasteiger partial charge on any atom is 0.0696 e. The zero-order valence-electron chi connectivity index (χ0n) is 9.84. The van der Waals surface area contributed by atoms with Gasteiger partial charge in [-0.05, 0) is 39.7 Å². The van der Waals surface area contributed by atoms with E-state index in [0.717, 1.165) is 12.0 Å². The highest BCUT2D eigenvalue weighted by atomic mass is 16.5. The quantitative estimate of drug-likeness (QED) is 0.637. The Kier molecular flexibility index (Phi) is 5.34. The molecular formula is C11H24N2O. The Balaban J connectivity index is 3.92. The van der Waals surface area contributed by atoms with Gasteiger partial charge in [-0.2, -0.15) is 0 Å². The molecular weight excluding hydrogens is 176 g/mol. The van der Waals surface area contributed by atoms with Gasteiger partial charge in [-0.25, -0.2) is 0 Å². The van der Waals surface area contributed by atoms with E-state index < -0.39 is 0 Å². The Morgan fingerprint density at radius 3 is 2.21 bits per heavy atom. The van der Waals surface area contributed by atoms with Crippen molar-refractivity contribution in [3.05, 3.63) is 12.2 Å². The fourth-order valence-corrected chi connectivity index (χ4v) is 1.25. The lowest BCUT2D eigenvalue weighted by Gasteiger charge is -2.28. The fourth-order valence-electron chi connectivity index (χ4n) is 1.25.